The molecular weight excluding hydrogens is 628 g/mol. The van der Waals surface area contributed by atoms with Gasteiger partial charge in [-0.25, -0.2) is 27.5 Å². The molecule has 0 atom stereocenters. The lowest BCUT2D eigenvalue weighted by Gasteiger charge is -2.15. The third-order valence-corrected chi connectivity index (χ3v) is 7.47. The number of halogens is 4. The minimum Gasteiger partial charge on any atom is -0.405 e. The molecule has 5 aromatic rings. The van der Waals surface area contributed by atoms with Crippen LogP contribution < -0.4 is 11.5 Å². The van der Waals surface area contributed by atoms with E-state index >= 15 is 17.6 Å². The van der Waals surface area contributed by atoms with Gasteiger partial charge in [-0.3, -0.25) is 9.97 Å². The Morgan fingerprint density at radius 2 is 1.27 bits per heavy atom. The maximum atomic E-state index is 15.1. The topological polar surface area (TPSA) is 104 Å². The van der Waals surface area contributed by atoms with Crippen molar-refractivity contribution in [3.05, 3.63) is 169 Å². The van der Waals surface area contributed by atoms with Gasteiger partial charge < -0.3 is 11.5 Å². The summed E-state index contributed by atoms with van der Waals surface area (Å²) in [5, 5.41) is 0. The number of nitrogens with zero attached hydrogens (tertiary/aromatic N) is 4. The molecule has 0 spiro atoms. The maximum absolute atomic E-state index is 15.1. The minimum absolute atomic E-state index is 0.120. The monoisotopic (exact) mass is 658 g/mol. The number of pyridine rings is 2. The highest BCUT2D eigenvalue weighted by molar-refractivity contribution is 5.87. The highest BCUT2D eigenvalue weighted by Crippen LogP contribution is 2.37. The van der Waals surface area contributed by atoms with Gasteiger partial charge in [0, 0.05) is 52.0 Å². The van der Waals surface area contributed by atoms with Crippen LogP contribution in [0.15, 0.2) is 141 Å². The van der Waals surface area contributed by atoms with Gasteiger partial charge in [0.05, 0.1) is 23.8 Å². The van der Waals surface area contributed by atoms with Crippen molar-refractivity contribution >= 4 is 11.1 Å². The Labute approximate surface area is 280 Å². The standard InChI is InChI=1S/C39H30F4N6/c1-4-6-30(35(41)20-45)24-13-26(32-8-11-46-21-36(32)42)17-28(15-24)38-19-39(49-23(3)48-38)29-16-25(31(7-10-44)34(40)5-2)14-27(18-29)33-9-12-47-22-37(33)43/h4-22H,1-2,44-45H2,3H3/b10-7-,30-6-,34-31-,35-20+. The normalized spacial score (nSPS) is 12.6. The van der Waals surface area contributed by atoms with Crippen LogP contribution in [0.5, 0.6) is 0 Å². The van der Waals surface area contributed by atoms with Gasteiger partial charge in [0.15, 0.2) is 0 Å². The smallest absolute Gasteiger partial charge is 0.149 e. The largest absolute Gasteiger partial charge is 0.405 e. The Morgan fingerprint density at radius 1 is 0.735 bits per heavy atom. The van der Waals surface area contributed by atoms with Gasteiger partial charge >= 0.3 is 0 Å². The number of hydrogen-bond donors (Lipinski definition) is 2. The molecule has 0 aliphatic rings. The van der Waals surface area contributed by atoms with Crippen molar-refractivity contribution in [1.29, 1.82) is 0 Å². The van der Waals surface area contributed by atoms with Gasteiger partial charge in [-0.2, -0.15) is 0 Å². The molecule has 0 aliphatic carbocycles. The number of nitrogens with two attached hydrogens (primary N) is 2. The molecule has 3 aromatic heterocycles. The van der Waals surface area contributed by atoms with E-state index in [0.29, 0.717) is 50.6 Å². The fourth-order valence-corrected chi connectivity index (χ4v) is 5.30. The van der Waals surface area contributed by atoms with E-state index in [-0.39, 0.29) is 22.3 Å². The number of hydrogen-bond acceptors (Lipinski definition) is 6. The Balaban J connectivity index is 1.79. The van der Waals surface area contributed by atoms with E-state index in [2.05, 4.69) is 33.1 Å². The van der Waals surface area contributed by atoms with Crippen molar-refractivity contribution in [3.8, 4) is 44.8 Å². The number of allylic oxidation sites excluding steroid dienone is 8. The molecular formula is C39H30F4N6. The third kappa shape index (κ3) is 7.44. The highest BCUT2D eigenvalue weighted by atomic mass is 19.1. The molecule has 0 aliphatic heterocycles. The Kier molecular flexibility index (Phi) is 10.4. The summed E-state index contributed by atoms with van der Waals surface area (Å²) in [6.07, 6.45) is 12.4. The fourth-order valence-electron chi connectivity index (χ4n) is 5.30. The highest BCUT2D eigenvalue weighted by Gasteiger charge is 2.18. The SMILES string of the molecule is C=C/C=C(\C(F)=C/N)c1cc(-c2cc(-c3cc(C(/C=C\N)=C(\F)C=C)cc(-c4ccncc4F)c3)nc(C)n2)cc(-c2ccncc2F)c1. The number of benzene rings is 2. The first-order valence-corrected chi connectivity index (χ1v) is 14.9. The van der Waals surface area contributed by atoms with Crippen LogP contribution in [0.2, 0.25) is 0 Å². The van der Waals surface area contributed by atoms with Gasteiger partial charge in [0.1, 0.15) is 29.1 Å². The maximum Gasteiger partial charge on any atom is 0.149 e. The second-order valence-electron chi connectivity index (χ2n) is 10.7. The van der Waals surface area contributed by atoms with E-state index in [1.807, 2.05) is 0 Å². The molecule has 0 saturated heterocycles. The van der Waals surface area contributed by atoms with Crippen LogP contribution in [0.25, 0.3) is 55.9 Å². The molecule has 244 valence electrons. The zero-order valence-corrected chi connectivity index (χ0v) is 26.3. The summed E-state index contributed by atoms with van der Waals surface area (Å²) in [7, 11) is 0. The van der Waals surface area contributed by atoms with Crippen molar-refractivity contribution in [3.63, 3.8) is 0 Å². The first-order chi connectivity index (χ1) is 23.7. The van der Waals surface area contributed by atoms with Crippen molar-refractivity contribution in [2.75, 3.05) is 0 Å². The molecule has 49 heavy (non-hydrogen) atoms. The summed E-state index contributed by atoms with van der Waals surface area (Å²) in [5.74, 6) is -2.16. The Morgan fingerprint density at radius 3 is 1.76 bits per heavy atom. The number of aromatic nitrogens is 4. The fraction of sp³-hybridized carbons (Fsp3) is 0.0256. The molecule has 6 nitrogen and oxygen atoms in total. The van der Waals surface area contributed by atoms with Crippen LogP contribution in [0.4, 0.5) is 17.6 Å². The van der Waals surface area contributed by atoms with E-state index < -0.39 is 23.3 Å². The van der Waals surface area contributed by atoms with Crippen LogP contribution >= 0.6 is 0 Å². The van der Waals surface area contributed by atoms with Crippen LogP contribution in [0.1, 0.15) is 17.0 Å². The van der Waals surface area contributed by atoms with E-state index in [0.717, 1.165) is 24.7 Å². The lowest BCUT2D eigenvalue weighted by atomic mass is 9.92. The zero-order valence-electron chi connectivity index (χ0n) is 26.3. The van der Waals surface area contributed by atoms with Gasteiger partial charge in [-0.1, -0.05) is 25.3 Å². The van der Waals surface area contributed by atoms with E-state index in [1.54, 1.807) is 49.4 Å². The van der Waals surface area contributed by atoms with Crippen molar-refractivity contribution in [1.82, 2.24) is 19.9 Å². The molecule has 0 fully saturated rings. The molecule has 3 heterocycles. The number of aryl methyl sites for hydroxylation is 1. The van der Waals surface area contributed by atoms with E-state index in [4.69, 9.17) is 11.5 Å². The molecule has 0 amide bonds. The molecule has 0 saturated carbocycles. The summed E-state index contributed by atoms with van der Waals surface area (Å²) >= 11 is 0. The van der Waals surface area contributed by atoms with Crippen LogP contribution in [-0.4, -0.2) is 19.9 Å². The van der Waals surface area contributed by atoms with Crippen molar-refractivity contribution < 1.29 is 17.6 Å². The molecule has 10 heteroatoms. The molecule has 0 radical (unpaired) electrons. The molecule has 0 unspecified atom stereocenters. The summed E-state index contributed by atoms with van der Waals surface area (Å²) in [6, 6.07) is 14.8. The lowest BCUT2D eigenvalue weighted by Crippen LogP contribution is -1.98. The summed E-state index contributed by atoms with van der Waals surface area (Å²) < 4.78 is 60.1. The molecule has 0 bridgehead atoms. The van der Waals surface area contributed by atoms with Gasteiger partial charge in [-0.05, 0) is 102 Å². The van der Waals surface area contributed by atoms with Crippen LogP contribution in [0, 0.1) is 18.6 Å². The number of rotatable bonds is 10. The Bertz CT molecular complexity index is 2200. The quantitative estimate of drug-likeness (QED) is 0.115. The van der Waals surface area contributed by atoms with E-state index in [1.165, 1.54) is 49.0 Å². The second-order valence-corrected chi connectivity index (χ2v) is 10.7. The van der Waals surface area contributed by atoms with Gasteiger partial charge in [0.25, 0.3) is 0 Å². The van der Waals surface area contributed by atoms with Crippen LogP contribution in [0.3, 0.4) is 0 Å². The first-order valence-electron chi connectivity index (χ1n) is 14.9. The van der Waals surface area contributed by atoms with Crippen molar-refractivity contribution in [2.24, 2.45) is 11.5 Å². The average molecular weight is 659 g/mol. The third-order valence-electron chi connectivity index (χ3n) is 7.47. The zero-order chi connectivity index (χ0) is 35.1. The first kappa shape index (κ1) is 33.9. The van der Waals surface area contributed by atoms with Crippen molar-refractivity contribution in [2.45, 2.75) is 6.92 Å². The minimum atomic E-state index is -0.715. The van der Waals surface area contributed by atoms with Gasteiger partial charge in [-0.15, -0.1) is 0 Å². The summed E-state index contributed by atoms with van der Waals surface area (Å²) in [5.41, 5.74) is 15.3. The summed E-state index contributed by atoms with van der Waals surface area (Å²) in [6.45, 7) is 8.91. The van der Waals surface area contributed by atoms with E-state index in [9.17, 15) is 0 Å². The molecule has 5 rings (SSSR count). The average Bonchev–Trinajstić information content (AvgIpc) is 3.12. The van der Waals surface area contributed by atoms with Gasteiger partial charge in [0.2, 0.25) is 0 Å². The second kappa shape index (κ2) is 15.0. The predicted octanol–water partition coefficient (Wildman–Crippen LogP) is 9.20. The van der Waals surface area contributed by atoms with Crippen LogP contribution in [-0.2, 0) is 0 Å². The lowest BCUT2D eigenvalue weighted by molar-refractivity contribution is 0.624. The molecule has 4 N–H and O–H groups in total. The Hall–Kier alpha value is -6.42. The summed E-state index contributed by atoms with van der Waals surface area (Å²) in [4.78, 5) is 17.0. The molecule has 2 aromatic carbocycles. The predicted molar refractivity (Wildman–Crippen MR) is 187 cm³/mol.